The second-order valence-corrected chi connectivity index (χ2v) is 6.08. The smallest absolute Gasteiger partial charge is 0.277 e. The molecular weight excluding hydrogens is 346 g/mol. The molecule has 0 radical (unpaired) electrons. The molecule has 0 unspecified atom stereocenters. The fraction of sp³-hybridized carbons (Fsp3) is 0.250. The Hall–Kier alpha value is -2.71. The summed E-state index contributed by atoms with van der Waals surface area (Å²) in [6.07, 6.45) is 1.63. The van der Waals surface area contributed by atoms with E-state index in [-0.39, 0.29) is 17.1 Å². The van der Waals surface area contributed by atoms with Crippen molar-refractivity contribution in [3.63, 3.8) is 0 Å². The van der Waals surface area contributed by atoms with Crippen LogP contribution in [0.1, 0.15) is 10.5 Å². The molecular formula is C16H14ClN5O3. The van der Waals surface area contributed by atoms with Crippen LogP contribution in [0.2, 0.25) is 5.02 Å². The van der Waals surface area contributed by atoms with Crippen LogP contribution in [0, 0.1) is 0 Å². The molecule has 9 heteroatoms. The Morgan fingerprint density at radius 1 is 1.20 bits per heavy atom. The molecule has 0 spiro atoms. The molecule has 2 aromatic heterocycles. The van der Waals surface area contributed by atoms with Crippen LogP contribution in [-0.4, -0.2) is 56.9 Å². The van der Waals surface area contributed by atoms with Crippen LogP contribution < -0.4 is 5.56 Å². The highest BCUT2D eigenvalue weighted by Crippen LogP contribution is 2.19. The first-order valence-corrected chi connectivity index (χ1v) is 8.12. The zero-order valence-corrected chi connectivity index (χ0v) is 13.9. The minimum Gasteiger partial charge on any atom is -0.378 e. The fourth-order valence-electron chi connectivity index (χ4n) is 2.77. The van der Waals surface area contributed by atoms with Crippen LogP contribution in [0.5, 0.6) is 0 Å². The second kappa shape index (κ2) is 6.30. The van der Waals surface area contributed by atoms with Crippen LogP contribution in [0.15, 0.2) is 35.3 Å². The maximum Gasteiger partial charge on any atom is 0.277 e. The van der Waals surface area contributed by atoms with E-state index in [4.69, 9.17) is 16.3 Å². The van der Waals surface area contributed by atoms with Gasteiger partial charge < -0.3 is 14.6 Å². The topological polar surface area (TPSA) is 92.6 Å². The van der Waals surface area contributed by atoms with E-state index in [9.17, 15) is 9.59 Å². The van der Waals surface area contributed by atoms with Crippen molar-refractivity contribution in [3.05, 3.63) is 51.5 Å². The molecule has 1 aliphatic rings. The Balaban J connectivity index is 1.75. The van der Waals surface area contributed by atoms with Gasteiger partial charge in [-0.05, 0) is 17.7 Å². The van der Waals surface area contributed by atoms with Crippen molar-refractivity contribution in [2.75, 3.05) is 26.3 Å². The first kappa shape index (κ1) is 15.8. The number of benzene rings is 1. The lowest BCUT2D eigenvalue weighted by Crippen LogP contribution is -2.41. The fourth-order valence-corrected chi connectivity index (χ4v) is 2.89. The number of amides is 1. The molecule has 128 valence electrons. The van der Waals surface area contributed by atoms with Gasteiger partial charge in [0.1, 0.15) is 0 Å². The standard InChI is InChI=1S/C16H14ClN5O3/c17-11-3-1-10(2-4-11)12-9-22-14(15(23)18-12)13(19-20-22)16(24)21-5-7-25-8-6-21/h1-4,9H,5-8H2,(H,18,23). The Morgan fingerprint density at radius 3 is 2.64 bits per heavy atom. The molecule has 1 aliphatic heterocycles. The van der Waals surface area contributed by atoms with Gasteiger partial charge in [0.2, 0.25) is 0 Å². The van der Waals surface area contributed by atoms with Crippen molar-refractivity contribution in [2.24, 2.45) is 0 Å². The summed E-state index contributed by atoms with van der Waals surface area (Å²) >= 11 is 5.89. The first-order valence-electron chi connectivity index (χ1n) is 7.75. The number of aromatic nitrogens is 4. The predicted octanol–water partition coefficient (Wildman–Crippen LogP) is 1.21. The third-order valence-electron chi connectivity index (χ3n) is 4.07. The second-order valence-electron chi connectivity index (χ2n) is 5.64. The number of ether oxygens (including phenoxy) is 1. The molecule has 8 nitrogen and oxygen atoms in total. The largest absolute Gasteiger partial charge is 0.378 e. The zero-order valence-electron chi connectivity index (χ0n) is 13.1. The van der Waals surface area contributed by atoms with E-state index in [1.165, 1.54) is 4.52 Å². The molecule has 1 aromatic carbocycles. The number of halogens is 1. The maximum absolute atomic E-state index is 12.6. The molecule has 1 fully saturated rings. The van der Waals surface area contributed by atoms with Gasteiger partial charge in [-0.25, -0.2) is 4.52 Å². The summed E-state index contributed by atoms with van der Waals surface area (Å²) in [5.41, 5.74) is 1.10. The van der Waals surface area contributed by atoms with Crippen molar-refractivity contribution in [3.8, 4) is 11.3 Å². The summed E-state index contributed by atoms with van der Waals surface area (Å²) in [6, 6.07) is 7.04. The number of nitrogens with one attached hydrogen (secondary N) is 1. The first-order chi connectivity index (χ1) is 12.1. The van der Waals surface area contributed by atoms with Crippen LogP contribution in [0.25, 0.3) is 16.8 Å². The molecule has 1 saturated heterocycles. The van der Waals surface area contributed by atoms with Crippen LogP contribution in [0.4, 0.5) is 0 Å². The van der Waals surface area contributed by atoms with Crippen molar-refractivity contribution >= 4 is 23.0 Å². The number of nitrogens with zero attached hydrogens (tertiary/aromatic N) is 4. The number of rotatable bonds is 2. The predicted molar refractivity (Wildman–Crippen MR) is 90.8 cm³/mol. The summed E-state index contributed by atoms with van der Waals surface area (Å²) in [7, 11) is 0. The molecule has 0 bridgehead atoms. The highest BCUT2D eigenvalue weighted by Gasteiger charge is 2.25. The average Bonchev–Trinajstić information content (AvgIpc) is 3.07. The number of aromatic amines is 1. The molecule has 3 aromatic rings. The molecule has 0 atom stereocenters. The maximum atomic E-state index is 12.6. The molecule has 0 saturated carbocycles. The monoisotopic (exact) mass is 359 g/mol. The lowest BCUT2D eigenvalue weighted by Gasteiger charge is -2.25. The number of carbonyl (C=O) groups excluding carboxylic acids is 1. The van der Waals surface area contributed by atoms with E-state index >= 15 is 0 Å². The lowest BCUT2D eigenvalue weighted by atomic mass is 10.1. The number of hydrogen-bond acceptors (Lipinski definition) is 5. The van der Waals surface area contributed by atoms with Gasteiger partial charge >= 0.3 is 0 Å². The average molecular weight is 360 g/mol. The number of fused-ring (bicyclic) bond motifs is 1. The summed E-state index contributed by atoms with van der Waals surface area (Å²) in [5, 5.41) is 8.46. The molecule has 4 rings (SSSR count). The van der Waals surface area contributed by atoms with E-state index < -0.39 is 5.56 Å². The Morgan fingerprint density at radius 2 is 1.92 bits per heavy atom. The molecule has 3 heterocycles. The van der Waals surface area contributed by atoms with Crippen molar-refractivity contribution in [2.45, 2.75) is 0 Å². The molecule has 1 N–H and O–H groups in total. The van der Waals surface area contributed by atoms with E-state index in [1.807, 2.05) is 0 Å². The third-order valence-corrected chi connectivity index (χ3v) is 4.32. The Labute approximate surface area is 147 Å². The van der Waals surface area contributed by atoms with Crippen LogP contribution in [0.3, 0.4) is 0 Å². The summed E-state index contributed by atoms with van der Waals surface area (Å²) < 4.78 is 6.57. The van der Waals surface area contributed by atoms with Gasteiger partial charge in [0.25, 0.3) is 11.5 Å². The molecule has 0 aliphatic carbocycles. The van der Waals surface area contributed by atoms with Gasteiger partial charge in [0.05, 0.1) is 25.1 Å². The van der Waals surface area contributed by atoms with E-state index in [1.54, 1.807) is 35.4 Å². The summed E-state index contributed by atoms with van der Waals surface area (Å²) in [6.45, 7) is 1.89. The van der Waals surface area contributed by atoms with Gasteiger partial charge in [0, 0.05) is 18.1 Å². The Kier molecular flexibility index (Phi) is 3.98. The quantitative estimate of drug-likeness (QED) is 0.742. The van der Waals surface area contributed by atoms with Gasteiger partial charge in [-0.1, -0.05) is 28.9 Å². The summed E-state index contributed by atoms with van der Waals surface area (Å²) in [5.74, 6) is -0.317. The normalized spacial score (nSPS) is 14.8. The Bertz CT molecular complexity index is 989. The minimum atomic E-state index is -0.422. The number of hydrogen-bond donors (Lipinski definition) is 1. The van der Waals surface area contributed by atoms with Gasteiger partial charge in [-0.15, -0.1) is 5.10 Å². The molecule has 25 heavy (non-hydrogen) atoms. The number of morpholine rings is 1. The lowest BCUT2D eigenvalue weighted by molar-refractivity contribution is 0.0300. The zero-order chi connectivity index (χ0) is 17.4. The SMILES string of the molecule is O=C(c1nnn2cc(-c3ccc(Cl)cc3)[nH]c(=O)c12)N1CCOCC1. The van der Waals surface area contributed by atoms with E-state index in [0.29, 0.717) is 37.0 Å². The minimum absolute atomic E-state index is 0.0470. The van der Waals surface area contributed by atoms with E-state index in [0.717, 1.165) is 5.56 Å². The van der Waals surface area contributed by atoms with Gasteiger partial charge in [-0.2, -0.15) is 0 Å². The van der Waals surface area contributed by atoms with Gasteiger partial charge in [-0.3, -0.25) is 9.59 Å². The molecule has 1 amide bonds. The number of H-pyrrole nitrogens is 1. The highest BCUT2D eigenvalue weighted by molar-refractivity contribution is 6.30. The number of carbonyl (C=O) groups is 1. The van der Waals surface area contributed by atoms with E-state index in [2.05, 4.69) is 15.3 Å². The third kappa shape index (κ3) is 2.90. The van der Waals surface area contributed by atoms with Crippen molar-refractivity contribution in [1.82, 2.24) is 24.7 Å². The highest BCUT2D eigenvalue weighted by atomic mass is 35.5. The van der Waals surface area contributed by atoms with Crippen LogP contribution >= 0.6 is 11.6 Å². The van der Waals surface area contributed by atoms with Crippen molar-refractivity contribution in [1.29, 1.82) is 0 Å². The van der Waals surface area contributed by atoms with Crippen molar-refractivity contribution < 1.29 is 9.53 Å². The summed E-state index contributed by atoms with van der Waals surface area (Å²) in [4.78, 5) is 29.5. The van der Waals surface area contributed by atoms with Gasteiger partial charge in [0.15, 0.2) is 11.2 Å². The van der Waals surface area contributed by atoms with Crippen LogP contribution in [-0.2, 0) is 4.74 Å².